The average molecular weight is 394 g/mol. The third-order valence-corrected chi connectivity index (χ3v) is 4.52. The van der Waals surface area contributed by atoms with Crippen molar-refractivity contribution in [1.82, 2.24) is 9.97 Å². The number of rotatable bonds is 7. The van der Waals surface area contributed by atoms with Gasteiger partial charge in [-0.2, -0.15) is 0 Å². The molecule has 3 rings (SSSR count). The maximum absolute atomic E-state index is 14.3. The predicted molar refractivity (Wildman–Crippen MR) is 96.3 cm³/mol. The first kappa shape index (κ1) is 20.1. The summed E-state index contributed by atoms with van der Waals surface area (Å²) in [4.78, 5) is 20.1. The van der Waals surface area contributed by atoms with Crippen LogP contribution in [0.25, 0.3) is 0 Å². The van der Waals surface area contributed by atoms with Crippen molar-refractivity contribution in [3.05, 3.63) is 52.2 Å². The Hall–Kier alpha value is -2.68. The molecular weight excluding hydrogens is 373 g/mol. The van der Waals surface area contributed by atoms with Gasteiger partial charge in [0.15, 0.2) is 0 Å². The zero-order valence-electron chi connectivity index (χ0n) is 15.3. The lowest BCUT2D eigenvalue weighted by Gasteiger charge is -2.19. The Kier molecular flexibility index (Phi) is 6.13. The zero-order chi connectivity index (χ0) is 20.3. The van der Waals surface area contributed by atoms with Gasteiger partial charge in [-0.1, -0.05) is 18.2 Å². The number of aryl methyl sites for hydroxylation is 1. The molecule has 0 saturated carbocycles. The summed E-state index contributed by atoms with van der Waals surface area (Å²) in [6.07, 6.45) is -1.72. The summed E-state index contributed by atoms with van der Waals surface area (Å²) in [5.74, 6) is -0.703. The quantitative estimate of drug-likeness (QED) is 0.752. The van der Waals surface area contributed by atoms with Gasteiger partial charge >= 0.3 is 0 Å². The minimum atomic E-state index is -2.90. The van der Waals surface area contributed by atoms with E-state index < -0.39 is 23.7 Å². The number of hydrogen-bond donors (Lipinski definition) is 2. The maximum Gasteiger partial charge on any atom is 0.266 e. The number of hydrogen-bond acceptors (Lipinski definition) is 5. The molecule has 1 aromatic carbocycles. The van der Waals surface area contributed by atoms with Crippen molar-refractivity contribution in [3.8, 4) is 0 Å². The summed E-state index contributed by atoms with van der Waals surface area (Å²) < 4.78 is 45.9. The van der Waals surface area contributed by atoms with Crippen molar-refractivity contribution in [3.63, 3.8) is 0 Å². The van der Waals surface area contributed by atoms with E-state index in [2.05, 4.69) is 15.3 Å². The second-order valence-electron chi connectivity index (χ2n) is 6.60. The van der Waals surface area contributed by atoms with Gasteiger partial charge in [-0.3, -0.25) is 4.79 Å². The van der Waals surface area contributed by atoms with Crippen molar-refractivity contribution < 1.29 is 22.7 Å². The van der Waals surface area contributed by atoms with Crippen molar-refractivity contribution in [2.45, 2.75) is 45.3 Å². The van der Waals surface area contributed by atoms with Gasteiger partial charge in [0.05, 0.1) is 23.8 Å². The van der Waals surface area contributed by atoms with Crippen LogP contribution in [-0.2, 0) is 22.5 Å². The van der Waals surface area contributed by atoms with Crippen LogP contribution in [0.5, 0.6) is 0 Å². The number of benzene rings is 1. The second-order valence-corrected chi connectivity index (χ2v) is 6.60. The number of nitrogens with zero attached hydrogens (tertiary/aromatic N) is 2. The topological polar surface area (TPSA) is 90.1 Å². The molecule has 1 aliphatic rings. The first-order valence-corrected chi connectivity index (χ1v) is 8.93. The third kappa shape index (κ3) is 4.41. The Balaban J connectivity index is 1.94. The monoisotopic (exact) mass is 394 g/mol. The van der Waals surface area contributed by atoms with Gasteiger partial charge in [-0.25, -0.2) is 23.1 Å². The number of carbonyl (C=O) groups excluding carboxylic acids is 1. The lowest BCUT2D eigenvalue weighted by atomic mass is 10.0. The standard InChI is InChI=1S/C19H21F3N4O2/c1-10-25-13(8-15(23)27)16(14-6-3-7-28-14)19(26-10)24-9-11-4-2-5-12(17(11)20)18(21)22/h2,4-5,14,18H,3,6-9H2,1H3,(H2,23,27)(H,24,25,26). The molecule has 2 aromatic rings. The molecule has 1 aliphatic heterocycles. The fourth-order valence-electron chi connectivity index (χ4n) is 3.30. The number of amides is 1. The highest BCUT2D eigenvalue weighted by molar-refractivity contribution is 5.77. The Morgan fingerprint density at radius 3 is 2.82 bits per heavy atom. The van der Waals surface area contributed by atoms with Crippen LogP contribution < -0.4 is 11.1 Å². The Bertz CT molecular complexity index is 870. The normalized spacial score (nSPS) is 16.5. The lowest BCUT2D eigenvalue weighted by molar-refractivity contribution is -0.117. The van der Waals surface area contributed by atoms with E-state index >= 15 is 0 Å². The van der Waals surface area contributed by atoms with Crippen LogP contribution >= 0.6 is 0 Å². The number of ether oxygens (including phenoxy) is 1. The fourth-order valence-corrected chi connectivity index (χ4v) is 3.30. The van der Waals surface area contributed by atoms with Crippen LogP contribution in [0.4, 0.5) is 19.0 Å². The molecular formula is C19H21F3N4O2. The zero-order valence-corrected chi connectivity index (χ0v) is 15.3. The van der Waals surface area contributed by atoms with E-state index in [-0.39, 0.29) is 24.6 Å². The van der Waals surface area contributed by atoms with Gasteiger partial charge in [0.2, 0.25) is 5.91 Å². The third-order valence-electron chi connectivity index (χ3n) is 4.52. The lowest BCUT2D eigenvalue weighted by Crippen LogP contribution is -2.20. The summed E-state index contributed by atoms with van der Waals surface area (Å²) in [6, 6.07) is 3.87. The molecule has 0 radical (unpaired) electrons. The molecule has 2 heterocycles. The minimum absolute atomic E-state index is 0.0570. The van der Waals surface area contributed by atoms with E-state index in [0.717, 1.165) is 18.9 Å². The second kappa shape index (κ2) is 8.55. The van der Waals surface area contributed by atoms with E-state index in [1.165, 1.54) is 12.1 Å². The van der Waals surface area contributed by atoms with Crippen LogP contribution in [0, 0.1) is 12.7 Å². The molecule has 1 saturated heterocycles. The van der Waals surface area contributed by atoms with Gasteiger partial charge < -0.3 is 15.8 Å². The van der Waals surface area contributed by atoms with Crippen molar-refractivity contribution >= 4 is 11.7 Å². The van der Waals surface area contributed by atoms with Crippen LogP contribution in [0.1, 0.15) is 53.6 Å². The molecule has 1 unspecified atom stereocenters. The Morgan fingerprint density at radius 1 is 1.39 bits per heavy atom. The van der Waals surface area contributed by atoms with Gasteiger partial charge in [-0.05, 0) is 19.8 Å². The first-order valence-electron chi connectivity index (χ1n) is 8.93. The minimum Gasteiger partial charge on any atom is -0.373 e. The number of anilines is 1. The Morgan fingerprint density at radius 2 is 2.18 bits per heavy atom. The van der Waals surface area contributed by atoms with Gasteiger partial charge in [-0.15, -0.1) is 0 Å². The first-order chi connectivity index (χ1) is 13.4. The molecule has 1 aromatic heterocycles. The van der Waals surface area contributed by atoms with Crippen LogP contribution in [0.2, 0.25) is 0 Å². The summed E-state index contributed by atoms with van der Waals surface area (Å²) in [7, 11) is 0. The number of carbonyl (C=O) groups is 1. The van der Waals surface area contributed by atoms with Gasteiger partial charge in [0.1, 0.15) is 17.5 Å². The van der Waals surface area contributed by atoms with Crippen molar-refractivity contribution in [2.75, 3.05) is 11.9 Å². The molecule has 6 nitrogen and oxygen atoms in total. The van der Waals surface area contributed by atoms with Crippen molar-refractivity contribution in [1.29, 1.82) is 0 Å². The van der Waals surface area contributed by atoms with Crippen molar-refractivity contribution in [2.24, 2.45) is 5.73 Å². The average Bonchev–Trinajstić information content (AvgIpc) is 3.13. The number of primary amides is 1. The molecule has 28 heavy (non-hydrogen) atoms. The highest BCUT2D eigenvalue weighted by Crippen LogP contribution is 2.35. The summed E-state index contributed by atoms with van der Waals surface area (Å²) in [6.45, 7) is 2.17. The van der Waals surface area contributed by atoms with Crippen LogP contribution in [-0.4, -0.2) is 22.5 Å². The molecule has 9 heteroatoms. The van der Waals surface area contributed by atoms with Crippen LogP contribution in [0.15, 0.2) is 18.2 Å². The van der Waals surface area contributed by atoms with Gasteiger partial charge in [0, 0.05) is 24.3 Å². The molecule has 150 valence electrons. The molecule has 1 amide bonds. The number of nitrogens with one attached hydrogen (secondary N) is 1. The molecule has 3 N–H and O–H groups in total. The maximum atomic E-state index is 14.3. The smallest absolute Gasteiger partial charge is 0.266 e. The molecule has 1 atom stereocenters. The largest absolute Gasteiger partial charge is 0.373 e. The summed E-state index contributed by atoms with van der Waals surface area (Å²) in [5.41, 5.74) is 5.84. The number of halogens is 3. The molecule has 0 bridgehead atoms. The van der Waals surface area contributed by atoms with Gasteiger partial charge in [0.25, 0.3) is 6.43 Å². The fraction of sp³-hybridized carbons (Fsp3) is 0.421. The Labute approximate surface area is 160 Å². The highest BCUT2D eigenvalue weighted by Gasteiger charge is 2.27. The van der Waals surface area contributed by atoms with E-state index in [0.29, 0.717) is 29.5 Å². The summed E-state index contributed by atoms with van der Waals surface area (Å²) >= 11 is 0. The van der Waals surface area contributed by atoms with Crippen LogP contribution in [0.3, 0.4) is 0 Å². The van der Waals surface area contributed by atoms with E-state index in [9.17, 15) is 18.0 Å². The number of alkyl halides is 2. The number of nitrogens with two attached hydrogens (primary N) is 1. The molecule has 0 aliphatic carbocycles. The van der Waals surface area contributed by atoms with E-state index in [4.69, 9.17) is 10.5 Å². The predicted octanol–water partition coefficient (Wildman–Crippen LogP) is 3.35. The molecule has 1 fully saturated rings. The summed E-state index contributed by atoms with van der Waals surface area (Å²) in [5, 5.41) is 3.00. The van der Waals surface area contributed by atoms with E-state index in [1.807, 2.05) is 0 Å². The van der Waals surface area contributed by atoms with E-state index in [1.54, 1.807) is 6.92 Å². The molecule has 0 spiro atoms. The SMILES string of the molecule is Cc1nc(CC(N)=O)c(C2CCCO2)c(NCc2cccc(C(F)F)c2F)n1. The highest BCUT2D eigenvalue weighted by atomic mass is 19.3. The number of aromatic nitrogens is 2.